The Balaban J connectivity index is 2.11. The number of rotatable bonds is 2. The van der Waals surface area contributed by atoms with E-state index in [1.165, 1.54) is 12.1 Å². The van der Waals surface area contributed by atoms with E-state index in [-0.39, 0.29) is 18.7 Å². The first-order valence-electron chi connectivity index (χ1n) is 6.13. The van der Waals surface area contributed by atoms with E-state index in [4.69, 9.17) is 5.11 Å². The maximum absolute atomic E-state index is 13.4. The van der Waals surface area contributed by atoms with Crippen molar-refractivity contribution < 1.29 is 24.2 Å². The standard InChI is InChI=1S/C13H15FN2O4/c1-7-2-3-8(4-10(7)14)15-13(20)16-6-9(17)5-11(16)12(18)19/h2-4,9,11,17H,5-6H2,1H3,(H,15,20)(H,18,19)/t9-,11-/m1/s1. The average molecular weight is 282 g/mol. The van der Waals surface area contributed by atoms with Gasteiger partial charge in [-0.05, 0) is 24.6 Å². The van der Waals surface area contributed by atoms with Crippen LogP contribution >= 0.6 is 0 Å². The second kappa shape index (κ2) is 5.46. The molecule has 1 aromatic rings. The largest absolute Gasteiger partial charge is 0.480 e. The fourth-order valence-electron chi connectivity index (χ4n) is 2.14. The number of aryl methyl sites for hydroxylation is 1. The third kappa shape index (κ3) is 2.88. The second-order valence-corrected chi connectivity index (χ2v) is 4.79. The molecule has 2 amide bonds. The summed E-state index contributed by atoms with van der Waals surface area (Å²) in [6.45, 7) is 1.54. The van der Waals surface area contributed by atoms with Crippen molar-refractivity contribution in [2.75, 3.05) is 11.9 Å². The van der Waals surface area contributed by atoms with Crippen LogP contribution in [0.25, 0.3) is 0 Å². The van der Waals surface area contributed by atoms with Gasteiger partial charge in [-0.1, -0.05) is 6.07 Å². The SMILES string of the molecule is Cc1ccc(NC(=O)N2C[C@H](O)C[C@@H]2C(=O)O)cc1F. The number of hydrogen-bond donors (Lipinski definition) is 3. The lowest BCUT2D eigenvalue weighted by molar-refractivity contribution is -0.141. The zero-order valence-electron chi connectivity index (χ0n) is 10.8. The van der Waals surface area contributed by atoms with Crippen LogP contribution in [0.3, 0.4) is 0 Å². The number of benzene rings is 1. The number of halogens is 1. The van der Waals surface area contributed by atoms with Crippen LogP contribution in [0, 0.1) is 12.7 Å². The Morgan fingerprint density at radius 2 is 2.15 bits per heavy atom. The fourth-order valence-corrected chi connectivity index (χ4v) is 2.14. The predicted molar refractivity (Wildman–Crippen MR) is 68.9 cm³/mol. The number of amides is 2. The van der Waals surface area contributed by atoms with E-state index in [0.29, 0.717) is 5.56 Å². The summed E-state index contributed by atoms with van der Waals surface area (Å²) in [7, 11) is 0. The van der Waals surface area contributed by atoms with Crippen LogP contribution in [0.2, 0.25) is 0 Å². The Morgan fingerprint density at radius 1 is 1.45 bits per heavy atom. The van der Waals surface area contributed by atoms with E-state index in [1.54, 1.807) is 6.92 Å². The summed E-state index contributed by atoms with van der Waals surface area (Å²) in [6, 6.07) is 2.46. The predicted octanol–water partition coefficient (Wildman–Crippen LogP) is 1.19. The lowest BCUT2D eigenvalue weighted by Gasteiger charge is -2.21. The summed E-state index contributed by atoms with van der Waals surface area (Å²) in [5, 5.41) is 20.9. The van der Waals surface area contributed by atoms with Gasteiger partial charge >= 0.3 is 12.0 Å². The number of carboxylic acid groups (broad SMARTS) is 1. The lowest BCUT2D eigenvalue weighted by atomic mass is 10.2. The molecule has 0 aromatic heterocycles. The molecule has 2 atom stereocenters. The maximum Gasteiger partial charge on any atom is 0.326 e. The first kappa shape index (κ1) is 14.3. The summed E-state index contributed by atoms with van der Waals surface area (Å²) in [6.07, 6.45) is -0.873. The molecule has 0 radical (unpaired) electrons. The van der Waals surface area contributed by atoms with Crippen LogP contribution in [-0.4, -0.2) is 45.8 Å². The highest BCUT2D eigenvalue weighted by atomic mass is 19.1. The molecule has 0 bridgehead atoms. The van der Waals surface area contributed by atoms with Gasteiger partial charge in [-0.15, -0.1) is 0 Å². The molecule has 1 heterocycles. The van der Waals surface area contributed by atoms with E-state index >= 15 is 0 Å². The molecule has 1 aromatic carbocycles. The van der Waals surface area contributed by atoms with E-state index in [9.17, 15) is 19.1 Å². The molecule has 1 aliphatic heterocycles. The van der Waals surface area contributed by atoms with Crippen LogP contribution in [-0.2, 0) is 4.79 Å². The number of aliphatic hydroxyl groups excluding tert-OH is 1. The molecule has 0 aliphatic carbocycles. The zero-order valence-corrected chi connectivity index (χ0v) is 10.8. The number of aliphatic carboxylic acids is 1. The molecular weight excluding hydrogens is 267 g/mol. The molecule has 1 aliphatic rings. The van der Waals surface area contributed by atoms with Crippen molar-refractivity contribution in [3.8, 4) is 0 Å². The van der Waals surface area contributed by atoms with Crippen LogP contribution in [0.4, 0.5) is 14.9 Å². The molecule has 0 spiro atoms. The number of β-amino-alcohol motifs (C(OH)–C–C–N with tert-alkyl or cyclic N) is 1. The molecule has 1 saturated heterocycles. The van der Waals surface area contributed by atoms with E-state index in [1.807, 2.05) is 0 Å². The first-order chi connectivity index (χ1) is 9.38. The summed E-state index contributed by atoms with van der Waals surface area (Å²) in [4.78, 5) is 24.0. The molecule has 7 heteroatoms. The van der Waals surface area contributed by atoms with Crippen LogP contribution in [0.15, 0.2) is 18.2 Å². The number of hydrogen-bond acceptors (Lipinski definition) is 3. The van der Waals surface area contributed by atoms with Gasteiger partial charge in [0.25, 0.3) is 0 Å². The topological polar surface area (TPSA) is 89.9 Å². The number of nitrogens with zero attached hydrogens (tertiary/aromatic N) is 1. The van der Waals surface area contributed by atoms with Crippen molar-refractivity contribution >= 4 is 17.7 Å². The van der Waals surface area contributed by atoms with Crippen LogP contribution < -0.4 is 5.32 Å². The number of carbonyl (C=O) groups is 2. The van der Waals surface area contributed by atoms with Crippen molar-refractivity contribution in [2.24, 2.45) is 0 Å². The van der Waals surface area contributed by atoms with Gasteiger partial charge in [0.05, 0.1) is 6.10 Å². The Labute approximate surface area is 114 Å². The molecule has 1 fully saturated rings. The highest BCUT2D eigenvalue weighted by molar-refractivity contribution is 5.92. The number of likely N-dealkylation sites (tertiary alicyclic amines) is 1. The summed E-state index contributed by atoms with van der Waals surface area (Å²) >= 11 is 0. The smallest absolute Gasteiger partial charge is 0.326 e. The number of aliphatic hydroxyl groups is 1. The van der Waals surface area contributed by atoms with Gasteiger partial charge in [0, 0.05) is 18.7 Å². The molecule has 20 heavy (non-hydrogen) atoms. The summed E-state index contributed by atoms with van der Waals surface area (Å²) in [5.41, 5.74) is 0.687. The molecule has 0 saturated carbocycles. The van der Waals surface area contributed by atoms with Gasteiger partial charge in [-0.2, -0.15) is 0 Å². The van der Waals surface area contributed by atoms with E-state index in [2.05, 4.69) is 5.32 Å². The average Bonchev–Trinajstić information content (AvgIpc) is 2.76. The van der Waals surface area contributed by atoms with Gasteiger partial charge in [0.15, 0.2) is 0 Å². The summed E-state index contributed by atoms with van der Waals surface area (Å²) < 4.78 is 13.4. The van der Waals surface area contributed by atoms with Gasteiger partial charge in [0.1, 0.15) is 11.9 Å². The zero-order chi connectivity index (χ0) is 14.9. The third-order valence-electron chi connectivity index (χ3n) is 3.25. The minimum Gasteiger partial charge on any atom is -0.480 e. The fraction of sp³-hybridized carbons (Fsp3) is 0.385. The van der Waals surface area contributed by atoms with E-state index < -0.39 is 30.0 Å². The molecule has 0 unspecified atom stereocenters. The summed E-state index contributed by atoms with van der Waals surface area (Å²) in [5.74, 6) is -1.63. The van der Waals surface area contributed by atoms with Crippen molar-refractivity contribution in [1.29, 1.82) is 0 Å². The van der Waals surface area contributed by atoms with E-state index in [0.717, 1.165) is 11.0 Å². The van der Waals surface area contributed by atoms with Crippen LogP contribution in [0.5, 0.6) is 0 Å². The van der Waals surface area contributed by atoms with Crippen molar-refractivity contribution in [3.63, 3.8) is 0 Å². The number of anilines is 1. The highest BCUT2D eigenvalue weighted by Crippen LogP contribution is 2.20. The molecule has 6 nitrogen and oxygen atoms in total. The number of urea groups is 1. The minimum atomic E-state index is -1.17. The molecule has 3 N–H and O–H groups in total. The monoisotopic (exact) mass is 282 g/mol. The minimum absolute atomic E-state index is 0.00892. The van der Waals surface area contributed by atoms with Crippen molar-refractivity contribution in [1.82, 2.24) is 4.90 Å². The normalized spacial score (nSPS) is 21.9. The Kier molecular flexibility index (Phi) is 3.89. The molecule has 2 rings (SSSR count). The van der Waals surface area contributed by atoms with Gasteiger partial charge < -0.3 is 20.4 Å². The van der Waals surface area contributed by atoms with Gasteiger partial charge in [0.2, 0.25) is 0 Å². The quantitative estimate of drug-likeness (QED) is 0.760. The van der Waals surface area contributed by atoms with Crippen molar-refractivity contribution in [2.45, 2.75) is 25.5 Å². The molecule has 108 valence electrons. The molecular formula is C13H15FN2O4. The van der Waals surface area contributed by atoms with Crippen LogP contribution in [0.1, 0.15) is 12.0 Å². The van der Waals surface area contributed by atoms with Gasteiger partial charge in [-0.25, -0.2) is 14.0 Å². The number of carbonyl (C=O) groups excluding carboxylic acids is 1. The highest BCUT2D eigenvalue weighted by Gasteiger charge is 2.39. The number of nitrogens with one attached hydrogen (secondary N) is 1. The Bertz CT molecular complexity index is 549. The van der Waals surface area contributed by atoms with Gasteiger partial charge in [-0.3, -0.25) is 0 Å². The Morgan fingerprint density at radius 3 is 2.75 bits per heavy atom. The number of carboxylic acids is 1. The van der Waals surface area contributed by atoms with Crippen molar-refractivity contribution in [3.05, 3.63) is 29.6 Å². The second-order valence-electron chi connectivity index (χ2n) is 4.79. The third-order valence-corrected chi connectivity index (χ3v) is 3.25. The first-order valence-corrected chi connectivity index (χ1v) is 6.13. The Hall–Kier alpha value is -2.15. The lowest BCUT2D eigenvalue weighted by Crippen LogP contribution is -2.43. The maximum atomic E-state index is 13.4.